The third kappa shape index (κ3) is 13.5. The molecule has 2 atom stereocenters. The second-order valence-electron chi connectivity index (χ2n) is 12.2. The van der Waals surface area contributed by atoms with Crippen molar-refractivity contribution in [3.8, 4) is 22.9 Å². The molecule has 0 spiro atoms. The van der Waals surface area contributed by atoms with Gasteiger partial charge in [0.05, 0.1) is 26.8 Å². The number of nitrogen functional groups attached to an aromatic ring is 1. The Kier molecular flexibility index (Phi) is 15.5. The molecule has 0 aliphatic heterocycles. The van der Waals surface area contributed by atoms with Crippen LogP contribution in [0, 0.1) is 10.1 Å². The minimum absolute atomic E-state index is 0.0352. The monoisotopic (exact) mass is 789 g/mol. The van der Waals surface area contributed by atoms with Gasteiger partial charge >= 0.3 is 11.7 Å². The van der Waals surface area contributed by atoms with Crippen molar-refractivity contribution in [3.63, 3.8) is 0 Å². The molecular weight excluding hydrogens is 752 g/mol. The molecule has 278 valence electrons. The maximum Gasteiger partial charge on any atom is 0.442 e. The molecule has 0 amide bonds. The number of carboxylic acids is 1. The summed E-state index contributed by atoms with van der Waals surface area (Å²) in [5.41, 5.74) is 10.3. The molecule has 6 N–H and O–H groups in total. The van der Waals surface area contributed by atoms with E-state index >= 15 is 0 Å². The maximum atomic E-state index is 12.1. The number of carboxylic acid groups (broad SMARTS) is 1. The van der Waals surface area contributed by atoms with Gasteiger partial charge in [0.1, 0.15) is 34.0 Å². The van der Waals surface area contributed by atoms with E-state index in [0.717, 1.165) is 4.68 Å². The van der Waals surface area contributed by atoms with Crippen LogP contribution in [-0.4, -0.2) is 55.6 Å². The summed E-state index contributed by atoms with van der Waals surface area (Å²) in [7, 11) is -3.10. The van der Waals surface area contributed by atoms with Crippen molar-refractivity contribution in [3.05, 3.63) is 96.2 Å². The highest BCUT2D eigenvalue weighted by molar-refractivity contribution is 7.57. The van der Waals surface area contributed by atoms with Crippen LogP contribution in [0.5, 0.6) is 17.2 Å². The summed E-state index contributed by atoms with van der Waals surface area (Å²) in [5.74, 6) is -0.125. The van der Waals surface area contributed by atoms with Crippen LogP contribution in [0.4, 0.5) is 11.4 Å². The molecule has 0 saturated carbocycles. The van der Waals surface area contributed by atoms with Gasteiger partial charge in [0.25, 0.3) is 5.69 Å². The molecule has 1 aromatic heterocycles. The lowest BCUT2D eigenvalue weighted by Crippen LogP contribution is -2.30. The molecule has 0 saturated heterocycles. The molecular formula is C32H39Cl3N5O10P. The number of nitro benzene ring substituents is 1. The van der Waals surface area contributed by atoms with E-state index in [2.05, 4.69) is 5.10 Å². The molecule has 51 heavy (non-hydrogen) atoms. The van der Waals surface area contributed by atoms with E-state index in [-0.39, 0.29) is 51.3 Å². The molecule has 0 aliphatic carbocycles. The van der Waals surface area contributed by atoms with Gasteiger partial charge in [-0.25, -0.2) is 4.79 Å². The first-order valence-corrected chi connectivity index (χ1v) is 18.4. The fourth-order valence-corrected chi connectivity index (χ4v) is 5.14. The zero-order valence-electron chi connectivity index (χ0n) is 28.5. The van der Waals surface area contributed by atoms with Gasteiger partial charge in [-0.15, -0.1) is 5.10 Å². The van der Waals surface area contributed by atoms with E-state index in [1.807, 2.05) is 40.7 Å². The molecule has 1 heterocycles. The number of nitrogens with two attached hydrogens (primary N) is 2. The van der Waals surface area contributed by atoms with E-state index in [1.54, 1.807) is 30.3 Å². The van der Waals surface area contributed by atoms with Gasteiger partial charge in [0.15, 0.2) is 7.37 Å². The fraction of sp³-hybridized carbons (Fsp3) is 0.344. The Bertz CT molecular complexity index is 1930. The number of para-hydroxylation sites is 1. The van der Waals surface area contributed by atoms with Gasteiger partial charge in [-0.3, -0.25) is 19.5 Å². The number of hydrogen-bond donors (Lipinski definition) is 4. The van der Waals surface area contributed by atoms with E-state index in [1.165, 1.54) is 24.9 Å². The summed E-state index contributed by atoms with van der Waals surface area (Å²) < 4.78 is 28.1. The van der Waals surface area contributed by atoms with Gasteiger partial charge in [-0.2, -0.15) is 4.68 Å². The number of benzene rings is 3. The Balaban J connectivity index is 0.000000281. The van der Waals surface area contributed by atoms with Crippen molar-refractivity contribution in [2.24, 2.45) is 5.73 Å². The first kappa shape index (κ1) is 43.1. The lowest BCUT2D eigenvalue weighted by atomic mass is 9.97. The van der Waals surface area contributed by atoms with Crippen LogP contribution in [0.2, 0.25) is 15.1 Å². The van der Waals surface area contributed by atoms with Crippen LogP contribution in [-0.2, 0) is 14.8 Å². The van der Waals surface area contributed by atoms with Gasteiger partial charge in [0.2, 0.25) is 5.89 Å². The molecule has 0 bridgehead atoms. The third-order valence-corrected chi connectivity index (χ3v) is 8.32. The van der Waals surface area contributed by atoms with Crippen LogP contribution in [0.3, 0.4) is 0 Å². The first-order chi connectivity index (χ1) is 23.5. The van der Waals surface area contributed by atoms with Gasteiger partial charge in [-0.05, 0) is 44.5 Å². The second kappa shape index (κ2) is 18.4. The third-order valence-electron chi connectivity index (χ3n) is 6.24. The van der Waals surface area contributed by atoms with Gasteiger partial charge in [0, 0.05) is 30.4 Å². The average molecular weight is 791 g/mol. The number of aliphatic carboxylic acids is 1. The standard InChI is InChI=1S/C15H18Cl2N2O3.C12H9ClN2O3.C5H12NO4P/c1-8(2)21-12-7-11(9(16)6-10(12)17)19-14(20)22-13(18-19)15(3,4)5;13-11-10(18-8-4-2-1-3-5-8)7-6-9(12(11)14)15(16)17;1-11(9,10)3-2-4(6)5(7)8/h6-8H,1-5H3;1-7H,14H2;4H,2-3,6H2,1H3,(H,7,8)(H,9,10). The Labute approximate surface area is 308 Å². The predicted molar refractivity (Wildman–Crippen MR) is 196 cm³/mol. The van der Waals surface area contributed by atoms with Crippen molar-refractivity contribution in [1.29, 1.82) is 0 Å². The van der Waals surface area contributed by atoms with Crippen LogP contribution in [0.1, 0.15) is 46.9 Å². The predicted octanol–water partition coefficient (Wildman–Crippen LogP) is 7.53. The van der Waals surface area contributed by atoms with Crippen LogP contribution in [0.15, 0.2) is 63.8 Å². The largest absolute Gasteiger partial charge is 0.489 e. The summed E-state index contributed by atoms with van der Waals surface area (Å²) in [4.78, 5) is 41.0. The van der Waals surface area contributed by atoms with E-state index in [9.17, 15) is 24.3 Å². The Hall–Kier alpha value is -4.11. The number of carbonyl (C=O) groups is 1. The summed E-state index contributed by atoms with van der Waals surface area (Å²) in [6.07, 6.45) is -0.0641. The highest BCUT2D eigenvalue weighted by Gasteiger charge is 2.24. The first-order valence-electron chi connectivity index (χ1n) is 15.0. The lowest BCUT2D eigenvalue weighted by molar-refractivity contribution is -0.383. The highest BCUT2D eigenvalue weighted by Crippen LogP contribution is 2.39. The molecule has 4 aromatic rings. The lowest BCUT2D eigenvalue weighted by Gasteiger charge is -2.13. The van der Waals surface area contributed by atoms with Crippen molar-refractivity contribution in [2.75, 3.05) is 18.6 Å². The smallest absolute Gasteiger partial charge is 0.442 e. The van der Waals surface area contributed by atoms with Crippen LogP contribution >= 0.6 is 42.2 Å². The normalized spacial score (nSPS) is 12.8. The summed E-state index contributed by atoms with van der Waals surface area (Å²) in [5, 5.41) is 23.9. The number of aromatic nitrogens is 2. The average Bonchev–Trinajstić information content (AvgIpc) is 3.42. The van der Waals surface area contributed by atoms with E-state index in [0.29, 0.717) is 28.1 Å². The molecule has 0 aliphatic rings. The molecule has 4 rings (SSSR count). The van der Waals surface area contributed by atoms with E-state index in [4.69, 9.17) is 70.2 Å². The zero-order chi connectivity index (χ0) is 38.8. The molecule has 19 heteroatoms. The van der Waals surface area contributed by atoms with Crippen LogP contribution in [0.25, 0.3) is 5.69 Å². The number of anilines is 1. The van der Waals surface area contributed by atoms with Crippen molar-refractivity contribution < 1.29 is 38.2 Å². The van der Waals surface area contributed by atoms with Crippen molar-refractivity contribution >= 4 is 59.5 Å². The molecule has 15 nitrogen and oxygen atoms in total. The fourth-order valence-electron chi connectivity index (χ4n) is 3.68. The number of hydrogen-bond acceptors (Lipinski definition) is 11. The highest BCUT2D eigenvalue weighted by atomic mass is 35.5. The Morgan fingerprint density at radius 3 is 2.20 bits per heavy atom. The molecule has 0 fully saturated rings. The number of halogens is 3. The quantitative estimate of drug-likeness (QED) is 0.0527. The zero-order valence-corrected chi connectivity index (χ0v) is 31.7. The van der Waals surface area contributed by atoms with Crippen molar-refractivity contribution in [2.45, 2.75) is 58.6 Å². The number of nitrogens with zero attached hydrogens (tertiary/aromatic N) is 3. The maximum absolute atomic E-state index is 12.1. The summed E-state index contributed by atoms with van der Waals surface area (Å²) >= 11 is 18.2. The molecule has 3 aromatic carbocycles. The minimum atomic E-state index is -3.10. The Morgan fingerprint density at radius 1 is 1.10 bits per heavy atom. The Morgan fingerprint density at radius 2 is 1.71 bits per heavy atom. The van der Waals surface area contributed by atoms with Crippen LogP contribution < -0.4 is 26.7 Å². The summed E-state index contributed by atoms with van der Waals surface area (Å²) in [6.45, 7) is 10.6. The minimum Gasteiger partial charge on any atom is -0.489 e. The van der Waals surface area contributed by atoms with Gasteiger partial charge in [-0.1, -0.05) is 73.8 Å². The second-order valence-corrected chi connectivity index (χ2v) is 16.0. The van der Waals surface area contributed by atoms with Crippen molar-refractivity contribution in [1.82, 2.24) is 9.78 Å². The SMILES string of the molecule is CC(C)Oc1cc(-n2nc(C(C)(C)C)oc2=O)c(Cl)cc1Cl.CP(=O)(O)CCC(N)C(=O)O.Nc1c([N+](=O)[O-])ccc(Oc2ccccc2)c1Cl. The number of nitro groups is 1. The molecule has 0 radical (unpaired) electrons. The number of rotatable bonds is 10. The number of ether oxygens (including phenoxy) is 2. The topological polar surface area (TPSA) is 236 Å². The summed E-state index contributed by atoms with van der Waals surface area (Å²) in [6, 6.07) is 13.7. The van der Waals surface area contributed by atoms with E-state index < -0.39 is 30.1 Å². The van der Waals surface area contributed by atoms with Gasteiger partial charge < -0.3 is 35.4 Å². The molecule has 2 unspecified atom stereocenters.